The van der Waals surface area contributed by atoms with Crippen LogP contribution < -0.4 is 10.1 Å². The molecule has 1 aromatic heterocycles. The predicted octanol–water partition coefficient (Wildman–Crippen LogP) is 2.62. The summed E-state index contributed by atoms with van der Waals surface area (Å²) in [5.41, 5.74) is 1.76. The van der Waals surface area contributed by atoms with E-state index in [1.165, 1.54) is 11.8 Å². The maximum absolute atomic E-state index is 12.7. The highest BCUT2D eigenvalue weighted by atomic mass is 32.2. The largest absolute Gasteiger partial charge is 0.497 e. The molecular weight excluding hydrogens is 362 g/mol. The lowest BCUT2D eigenvalue weighted by molar-refractivity contribution is 0.0162. The van der Waals surface area contributed by atoms with Crippen molar-refractivity contribution in [3.05, 3.63) is 53.7 Å². The van der Waals surface area contributed by atoms with Gasteiger partial charge in [-0.1, -0.05) is 12.1 Å². The normalized spacial score (nSPS) is 15.9. The van der Waals surface area contributed by atoms with Crippen LogP contribution in [0, 0.1) is 0 Å². The molecule has 3 rings (SSSR count). The number of rotatable bonds is 7. The molecule has 7 heteroatoms. The molecule has 1 atom stereocenters. The number of methoxy groups -OCH3 is 1. The molecule has 0 saturated carbocycles. The lowest BCUT2D eigenvalue weighted by Gasteiger charge is -2.35. The molecule has 0 aliphatic carbocycles. The van der Waals surface area contributed by atoms with Crippen LogP contribution in [0.4, 0.5) is 0 Å². The van der Waals surface area contributed by atoms with E-state index < -0.39 is 0 Å². The molecule has 2 aromatic rings. The molecule has 0 radical (unpaired) electrons. The van der Waals surface area contributed by atoms with Crippen LogP contribution in [0.25, 0.3) is 0 Å². The highest BCUT2D eigenvalue weighted by Crippen LogP contribution is 2.24. The zero-order valence-corrected chi connectivity index (χ0v) is 16.5. The number of nitrogens with zero attached hydrogens (tertiary/aromatic N) is 2. The van der Waals surface area contributed by atoms with Crippen LogP contribution in [-0.2, 0) is 4.74 Å². The summed E-state index contributed by atoms with van der Waals surface area (Å²) in [6.07, 6.45) is 3.63. The second-order valence-corrected chi connectivity index (χ2v) is 7.00. The van der Waals surface area contributed by atoms with E-state index in [-0.39, 0.29) is 11.9 Å². The zero-order valence-electron chi connectivity index (χ0n) is 15.7. The van der Waals surface area contributed by atoms with E-state index in [2.05, 4.69) is 27.3 Å². The summed E-state index contributed by atoms with van der Waals surface area (Å²) in [7, 11) is 1.66. The Morgan fingerprint density at radius 3 is 2.70 bits per heavy atom. The van der Waals surface area contributed by atoms with Gasteiger partial charge in [-0.25, -0.2) is 4.98 Å². The van der Waals surface area contributed by atoms with Gasteiger partial charge in [-0.15, -0.1) is 11.8 Å². The fourth-order valence-corrected chi connectivity index (χ4v) is 3.73. The van der Waals surface area contributed by atoms with Crippen molar-refractivity contribution in [2.45, 2.75) is 11.1 Å². The summed E-state index contributed by atoms with van der Waals surface area (Å²) in [6.45, 7) is 3.62. The average molecular weight is 388 g/mol. The molecule has 1 N–H and O–H groups in total. The Morgan fingerprint density at radius 1 is 1.30 bits per heavy atom. The highest BCUT2D eigenvalue weighted by Gasteiger charge is 2.24. The van der Waals surface area contributed by atoms with Crippen molar-refractivity contribution >= 4 is 17.7 Å². The summed E-state index contributed by atoms with van der Waals surface area (Å²) < 4.78 is 10.8. The third-order valence-corrected chi connectivity index (χ3v) is 5.36. The Labute approximate surface area is 164 Å². The fourth-order valence-electron chi connectivity index (χ4n) is 3.18. The number of hydrogen-bond acceptors (Lipinski definition) is 6. The molecule has 1 fully saturated rings. The average Bonchev–Trinajstić information content (AvgIpc) is 2.75. The smallest absolute Gasteiger partial charge is 0.254 e. The monoisotopic (exact) mass is 387 g/mol. The third-order valence-electron chi connectivity index (χ3n) is 4.65. The summed E-state index contributed by atoms with van der Waals surface area (Å²) in [4.78, 5) is 19.3. The molecule has 2 heterocycles. The first-order valence-electron chi connectivity index (χ1n) is 8.96. The summed E-state index contributed by atoms with van der Waals surface area (Å²) in [6, 6.07) is 11.7. The molecule has 1 amide bonds. The van der Waals surface area contributed by atoms with Crippen LogP contribution >= 0.6 is 11.8 Å². The topological polar surface area (TPSA) is 63.7 Å². The minimum Gasteiger partial charge on any atom is -0.497 e. The number of hydrogen-bond donors (Lipinski definition) is 1. The minimum atomic E-state index is -0.0979. The fraction of sp³-hybridized carbons (Fsp3) is 0.400. The van der Waals surface area contributed by atoms with E-state index in [0.29, 0.717) is 25.3 Å². The van der Waals surface area contributed by atoms with Crippen molar-refractivity contribution in [1.82, 2.24) is 15.2 Å². The number of nitrogens with one attached hydrogen (secondary N) is 1. The molecule has 1 aliphatic rings. The van der Waals surface area contributed by atoms with Gasteiger partial charge in [-0.05, 0) is 36.1 Å². The maximum Gasteiger partial charge on any atom is 0.254 e. The second-order valence-electron chi connectivity index (χ2n) is 6.21. The van der Waals surface area contributed by atoms with Crippen molar-refractivity contribution in [3.63, 3.8) is 0 Å². The number of amides is 1. The van der Waals surface area contributed by atoms with Crippen molar-refractivity contribution < 1.29 is 14.3 Å². The predicted molar refractivity (Wildman–Crippen MR) is 106 cm³/mol. The van der Waals surface area contributed by atoms with Crippen LogP contribution in [0.1, 0.15) is 22.0 Å². The van der Waals surface area contributed by atoms with Gasteiger partial charge in [0.1, 0.15) is 10.8 Å². The van der Waals surface area contributed by atoms with Gasteiger partial charge in [-0.3, -0.25) is 9.69 Å². The molecule has 1 saturated heterocycles. The summed E-state index contributed by atoms with van der Waals surface area (Å²) in [5.74, 6) is 0.725. The van der Waals surface area contributed by atoms with E-state index >= 15 is 0 Å². The van der Waals surface area contributed by atoms with Gasteiger partial charge in [-0.2, -0.15) is 0 Å². The number of morpholine rings is 1. The second kappa shape index (κ2) is 9.73. The van der Waals surface area contributed by atoms with Gasteiger partial charge in [0.05, 0.1) is 31.9 Å². The summed E-state index contributed by atoms with van der Waals surface area (Å²) >= 11 is 1.47. The Morgan fingerprint density at radius 2 is 2.04 bits per heavy atom. The van der Waals surface area contributed by atoms with E-state index in [1.54, 1.807) is 19.4 Å². The van der Waals surface area contributed by atoms with Crippen molar-refractivity contribution in [2.75, 3.05) is 46.2 Å². The van der Waals surface area contributed by atoms with Crippen LogP contribution in [-0.4, -0.2) is 62.0 Å². The lowest BCUT2D eigenvalue weighted by Crippen LogP contribution is -2.43. The van der Waals surface area contributed by atoms with Gasteiger partial charge in [0.15, 0.2) is 0 Å². The van der Waals surface area contributed by atoms with E-state index in [4.69, 9.17) is 9.47 Å². The van der Waals surface area contributed by atoms with Crippen molar-refractivity contribution in [3.8, 4) is 5.75 Å². The summed E-state index contributed by atoms with van der Waals surface area (Å²) in [5, 5.41) is 3.83. The Bertz CT molecular complexity index is 748. The number of carbonyl (C=O) groups excluding carboxylic acids is 1. The third kappa shape index (κ3) is 5.00. The molecule has 27 heavy (non-hydrogen) atoms. The van der Waals surface area contributed by atoms with Gasteiger partial charge in [0.2, 0.25) is 0 Å². The van der Waals surface area contributed by atoms with E-state index in [9.17, 15) is 4.79 Å². The van der Waals surface area contributed by atoms with Crippen LogP contribution in [0.2, 0.25) is 0 Å². The number of ether oxygens (including phenoxy) is 2. The molecule has 0 spiro atoms. The van der Waals surface area contributed by atoms with Crippen LogP contribution in [0.3, 0.4) is 0 Å². The maximum atomic E-state index is 12.7. The number of aromatic nitrogens is 1. The van der Waals surface area contributed by atoms with Crippen LogP contribution in [0.5, 0.6) is 5.75 Å². The molecular formula is C20H25N3O3S. The Hall–Kier alpha value is -2.09. The van der Waals surface area contributed by atoms with E-state index in [0.717, 1.165) is 29.4 Å². The quantitative estimate of drug-likeness (QED) is 0.737. The van der Waals surface area contributed by atoms with Crippen molar-refractivity contribution in [2.24, 2.45) is 0 Å². The van der Waals surface area contributed by atoms with Gasteiger partial charge in [0.25, 0.3) is 5.91 Å². The number of thioether (sulfide) groups is 1. The number of pyridine rings is 1. The number of benzene rings is 1. The lowest BCUT2D eigenvalue weighted by atomic mass is 10.0. The zero-order chi connectivity index (χ0) is 19.1. The molecule has 0 bridgehead atoms. The Balaban J connectivity index is 1.75. The van der Waals surface area contributed by atoms with Crippen molar-refractivity contribution in [1.29, 1.82) is 0 Å². The van der Waals surface area contributed by atoms with E-state index in [1.807, 2.05) is 24.5 Å². The van der Waals surface area contributed by atoms with Gasteiger partial charge >= 0.3 is 0 Å². The minimum absolute atomic E-state index is 0.0816. The highest BCUT2D eigenvalue weighted by molar-refractivity contribution is 7.98. The molecule has 144 valence electrons. The molecule has 1 aliphatic heterocycles. The first-order chi connectivity index (χ1) is 13.2. The van der Waals surface area contributed by atoms with Gasteiger partial charge in [0, 0.05) is 25.8 Å². The molecule has 6 nitrogen and oxygen atoms in total. The Kier molecular flexibility index (Phi) is 7.09. The van der Waals surface area contributed by atoms with Crippen LogP contribution in [0.15, 0.2) is 47.6 Å². The first kappa shape index (κ1) is 19.7. The van der Waals surface area contributed by atoms with Gasteiger partial charge < -0.3 is 14.8 Å². The SMILES string of the molecule is COc1ccc([C@H](CNC(=O)c2cccnc2SC)N2CCOCC2)cc1. The molecule has 1 aromatic carbocycles. The molecule has 0 unspecified atom stereocenters. The number of carbonyl (C=O) groups is 1. The standard InChI is InChI=1S/C20H25N3O3S/c1-25-16-7-5-15(6-8-16)18(23-10-12-26-13-11-23)14-22-19(24)17-4-3-9-21-20(17)27-2/h3-9,18H,10-14H2,1-2H3,(H,22,24)/t18-/m0/s1. The first-order valence-corrected chi connectivity index (χ1v) is 10.2.